The molecule has 0 bridgehead atoms. The van der Waals surface area contributed by atoms with E-state index < -0.39 is 11.7 Å². The number of aromatic nitrogens is 1. The second-order valence-corrected chi connectivity index (χ2v) is 4.83. The van der Waals surface area contributed by atoms with Gasteiger partial charge in [0.05, 0.1) is 18.5 Å². The summed E-state index contributed by atoms with van der Waals surface area (Å²) in [5, 5.41) is 22.9. The number of nitrogens with one attached hydrogen (secondary N) is 1. The maximum atomic E-state index is 12.7. The number of hydrogen-bond acceptors (Lipinski definition) is 6. The third-order valence-electron chi connectivity index (χ3n) is 3.09. The third kappa shape index (κ3) is 4.50. The van der Waals surface area contributed by atoms with Crippen LogP contribution in [0.3, 0.4) is 0 Å². The summed E-state index contributed by atoms with van der Waals surface area (Å²) in [6.45, 7) is 0.962. The van der Waals surface area contributed by atoms with E-state index in [4.69, 9.17) is 4.74 Å². The van der Waals surface area contributed by atoms with Crippen LogP contribution in [0.4, 0.5) is 4.39 Å². The molecule has 0 aliphatic rings. The van der Waals surface area contributed by atoms with Crippen molar-refractivity contribution in [2.24, 2.45) is 5.10 Å². The minimum Gasteiger partial charge on any atom is -0.505 e. The lowest BCUT2D eigenvalue weighted by Gasteiger charge is -2.07. The van der Waals surface area contributed by atoms with Crippen molar-refractivity contribution in [2.45, 2.75) is 13.5 Å². The molecule has 7 nitrogen and oxygen atoms in total. The standard InChI is InChI=1S/C16H16FN3O4/c1-10-16(23)14(11(8-21)6-18-10)7-19-20-15(22)9-24-13-4-2-12(17)3-5-13/h2-7,21,23H,8-9H2,1H3,(H,20,22)/b19-7+. The fourth-order valence-electron chi connectivity index (χ4n) is 1.80. The molecule has 0 fully saturated rings. The maximum Gasteiger partial charge on any atom is 0.277 e. The molecule has 0 radical (unpaired) electrons. The Labute approximate surface area is 137 Å². The SMILES string of the molecule is Cc1ncc(CO)c(/C=N/NC(=O)COc2ccc(F)cc2)c1O. The summed E-state index contributed by atoms with van der Waals surface area (Å²) in [7, 11) is 0. The van der Waals surface area contributed by atoms with Gasteiger partial charge >= 0.3 is 0 Å². The van der Waals surface area contributed by atoms with E-state index >= 15 is 0 Å². The number of carbonyl (C=O) groups is 1. The molecule has 2 aromatic rings. The van der Waals surface area contributed by atoms with Gasteiger partial charge in [0.15, 0.2) is 6.61 Å². The van der Waals surface area contributed by atoms with E-state index in [0.29, 0.717) is 17.0 Å². The van der Waals surface area contributed by atoms with E-state index in [1.165, 1.54) is 36.7 Å². The van der Waals surface area contributed by atoms with Crippen LogP contribution in [0.5, 0.6) is 11.5 Å². The molecule has 0 saturated carbocycles. The zero-order valence-electron chi connectivity index (χ0n) is 12.9. The van der Waals surface area contributed by atoms with Crippen LogP contribution in [0.1, 0.15) is 16.8 Å². The molecule has 0 saturated heterocycles. The Balaban J connectivity index is 1.93. The minimum atomic E-state index is -0.536. The topological polar surface area (TPSA) is 104 Å². The highest BCUT2D eigenvalue weighted by Crippen LogP contribution is 2.21. The summed E-state index contributed by atoms with van der Waals surface area (Å²) < 4.78 is 17.9. The van der Waals surface area contributed by atoms with Gasteiger partial charge in [0, 0.05) is 17.3 Å². The highest BCUT2D eigenvalue weighted by atomic mass is 19.1. The number of hydrazone groups is 1. The first-order chi connectivity index (χ1) is 11.5. The predicted octanol–water partition coefficient (Wildman–Crippen LogP) is 1.26. The quantitative estimate of drug-likeness (QED) is 0.545. The molecule has 2 rings (SSSR count). The summed E-state index contributed by atoms with van der Waals surface area (Å²) in [6.07, 6.45) is 2.63. The monoisotopic (exact) mass is 333 g/mol. The number of aliphatic hydroxyl groups excluding tert-OH is 1. The van der Waals surface area contributed by atoms with Crippen molar-refractivity contribution in [3.05, 3.63) is 53.1 Å². The number of hydrogen-bond donors (Lipinski definition) is 3. The van der Waals surface area contributed by atoms with Gasteiger partial charge in [-0.05, 0) is 31.2 Å². The van der Waals surface area contributed by atoms with Crippen LogP contribution < -0.4 is 10.2 Å². The van der Waals surface area contributed by atoms with Gasteiger partial charge in [0.1, 0.15) is 17.3 Å². The summed E-state index contributed by atoms with van der Waals surface area (Å²) >= 11 is 0. The van der Waals surface area contributed by atoms with Gasteiger partial charge < -0.3 is 14.9 Å². The number of nitrogens with zero attached hydrogens (tertiary/aromatic N) is 2. The molecular weight excluding hydrogens is 317 g/mol. The first kappa shape index (κ1) is 17.4. The smallest absolute Gasteiger partial charge is 0.277 e. The summed E-state index contributed by atoms with van der Waals surface area (Å²) in [4.78, 5) is 15.5. The van der Waals surface area contributed by atoms with Gasteiger partial charge in [-0.1, -0.05) is 0 Å². The van der Waals surface area contributed by atoms with Crippen molar-refractivity contribution in [1.82, 2.24) is 10.4 Å². The van der Waals surface area contributed by atoms with E-state index in [2.05, 4.69) is 15.5 Å². The molecule has 0 aliphatic heterocycles. The largest absolute Gasteiger partial charge is 0.505 e. The van der Waals surface area contributed by atoms with Gasteiger partial charge in [-0.3, -0.25) is 9.78 Å². The predicted molar refractivity (Wildman–Crippen MR) is 84.2 cm³/mol. The average molecular weight is 333 g/mol. The van der Waals surface area contributed by atoms with E-state index in [-0.39, 0.29) is 24.5 Å². The van der Waals surface area contributed by atoms with Crippen molar-refractivity contribution in [2.75, 3.05) is 6.61 Å². The first-order valence-electron chi connectivity index (χ1n) is 7.00. The van der Waals surface area contributed by atoms with Gasteiger partial charge in [-0.15, -0.1) is 0 Å². The lowest BCUT2D eigenvalue weighted by Crippen LogP contribution is -2.24. The molecule has 8 heteroatoms. The molecule has 24 heavy (non-hydrogen) atoms. The lowest BCUT2D eigenvalue weighted by molar-refractivity contribution is -0.123. The van der Waals surface area contributed by atoms with E-state index in [0.717, 1.165) is 0 Å². The molecular formula is C16H16FN3O4. The molecule has 0 spiro atoms. The van der Waals surface area contributed by atoms with Crippen molar-refractivity contribution < 1.29 is 24.1 Å². The van der Waals surface area contributed by atoms with Crippen molar-refractivity contribution in [1.29, 1.82) is 0 Å². The highest BCUT2D eigenvalue weighted by molar-refractivity contribution is 5.87. The lowest BCUT2D eigenvalue weighted by atomic mass is 10.1. The Morgan fingerprint density at radius 1 is 1.42 bits per heavy atom. The van der Waals surface area contributed by atoms with E-state index in [1.807, 2.05) is 0 Å². The zero-order valence-corrected chi connectivity index (χ0v) is 12.9. The van der Waals surface area contributed by atoms with E-state index in [9.17, 15) is 19.4 Å². The second-order valence-electron chi connectivity index (χ2n) is 4.83. The second kappa shape index (κ2) is 8.02. The summed E-state index contributed by atoms with van der Waals surface area (Å²) in [5.74, 6) is -0.711. The van der Waals surface area contributed by atoms with Crippen molar-refractivity contribution in [3.63, 3.8) is 0 Å². The number of ether oxygens (including phenoxy) is 1. The van der Waals surface area contributed by atoms with Crippen molar-refractivity contribution in [3.8, 4) is 11.5 Å². The summed E-state index contributed by atoms with van der Waals surface area (Å²) in [6, 6.07) is 5.24. The first-order valence-corrected chi connectivity index (χ1v) is 7.00. The number of pyridine rings is 1. The Kier molecular flexibility index (Phi) is 5.80. The fourth-order valence-corrected chi connectivity index (χ4v) is 1.80. The Morgan fingerprint density at radius 3 is 2.79 bits per heavy atom. The van der Waals surface area contributed by atoms with Crippen molar-refractivity contribution >= 4 is 12.1 Å². The third-order valence-corrected chi connectivity index (χ3v) is 3.09. The summed E-state index contributed by atoms with van der Waals surface area (Å²) in [5.41, 5.74) is 3.25. The highest BCUT2D eigenvalue weighted by Gasteiger charge is 2.09. The van der Waals surface area contributed by atoms with Gasteiger partial charge in [0.2, 0.25) is 0 Å². The number of amides is 1. The number of halogens is 1. The Bertz CT molecular complexity index is 748. The molecule has 0 aliphatic carbocycles. The molecule has 0 atom stereocenters. The zero-order chi connectivity index (χ0) is 17.5. The van der Waals surface area contributed by atoms with E-state index in [1.54, 1.807) is 6.92 Å². The number of aliphatic hydroxyl groups is 1. The molecule has 1 aromatic carbocycles. The van der Waals surface area contributed by atoms with Crippen LogP contribution >= 0.6 is 0 Å². The molecule has 1 amide bonds. The number of aryl methyl sites for hydroxylation is 1. The fraction of sp³-hybridized carbons (Fsp3) is 0.188. The minimum absolute atomic E-state index is 0.123. The number of rotatable bonds is 6. The number of carbonyl (C=O) groups excluding carboxylic acids is 1. The van der Waals surface area contributed by atoms with Crippen LogP contribution in [0, 0.1) is 12.7 Å². The van der Waals surface area contributed by atoms with Crippen LogP contribution in [-0.2, 0) is 11.4 Å². The van der Waals surface area contributed by atoms with Gasteiger partial charge in [-0.2, -0.15) is 5.10 Å². The Hall–Kier alpha value is -3.00. The molecule has 3 N–H and O–H groups in total. The average Bonchev–Trinajstić information content (AvgIpc) is 2.58. The van der Waals surface area contributed by atoms with Gasteiger partial charge in [0.25, 0.3) is 5.91 Å². The van der Waals surface area contributed by atoms with Crippen LogP contribution in [0.2, 0.25) is 0 Å². The molecule has 0 unspecified atom stereocenters. The molecule has 126 valence electrons. The Morgan fingerprint density at radius 2 is 2.12 bits per heavy atom. The van der Waals surface area contributed by atoms with Crippen LogP contribution in [-0.4, -0.2) is 33.9 Å². The molecule has 1 aromatic heterocycles. The maximum absolute atomic E-state index is 12.7. The normalized spacial score (nSPS) is 10.8. The van der Waals surface area contributed by atoms with Crippen LogP contribution in [0.15, 0.2) is 35.6 Å². The van der Waals surface area contributed by atoms with Crippen LogP contribution in [0.25, 0.3) is 0 Å². The molecule has 1 heterocycles. The number of aromatic hydroxyl groups is 1. The van der Waals surface area contributed by atoms with Gasteiger partial charge in [-0.25, -0.2) is 9.82 Å². The number of benzene rings is 1.